The fourth-order valence-electron chi connectivity index (χ4n) is 2.62. The average molecular weight is 479 g/mol. The standard InChI is InChI=1S/C20H19BrN2O3S2/c1-3-14-7-11-17(12-8-14)28(25,26)22-20-23(4-2)19(24)18(27-20)13-15-5-9-16(21)10-6-15/h5-13H,3-4H2,1-2H3/b18-13-,22-20?. The molecule has 0 radical (unpaired) electrons. The van der Waals surface area contributed by atoms with Crippen LogP contribution in [0.4, 0.5) is 0 Å². The van der Waals surface area contributed by atoms with E-state index in [1.807, 2.05) is 31.2 Å². The molecule has 0 spiro atoms. The van der Waals surface area contributed by atoms with Gasteiger partial charge in [0.25, 0.3) is 15.9 Å². The fourth-order valence-corrected chi connectivity index (χ4v) is 5.13. The Morgan fingerprint density at radius 2 is 1.71 bits per heavy atom. The normalized spacial score (nSPS) is 17.7. The van der Waals surface area contributed by atoms with E-state index >= 15 is 0 Å². The van der Waals surface area contributed by atoms with Crippen molar-refractivity contribution in [2.24, 2.45) is 4.40 Å². The lowest BCUT2D eigenvalue weighted by Gasteiger charge is -2.12. The number of hydrogen-bond acceptors (Lipinski definition) is 4. The van der Waals surface area contributed by atoms with Gasteiger partial charge in [0, 0.05) is 11.0 Å². The van der Waals surface area contributed by atoms with Gasteiger partial charge in [0.2, 0.25) is 0 Å². The highest BCUT2D eigenvalue weighted by atomic mass is 79.9. The van der Waals surface area contributed by atoms with Crippen LogP contribution in [0.5, 0.6) is 0 Å². The number of carbonyl (C=O) groups is 1. The SMILES string of the molecule is CCc1ccc(S(=O)(=O)N=C2S/C(=C\c3ccc(Br)cc3)C(=O)N2CC)cc1. The number of sulfonamides is 1. The summed E-state index contributed by atoms with van der Waals surface area (Å²) in [5.74, 6) is -0.245. The van der Waals surface area contributed by atoms with Crippen molar-refractivity contribution in [2.45, 2.75) is 25.2 Å². The summed E-state index contributed by atoms with van der Waals surface area (Å²) in [6, 6.07) is 14.2. The Morgan fingerprint density at radius 1 is 1.07 bits per heavy atom. The van der Waals surface area contributed by atoms with E-state index in [2.05, 4.69) is 20.3 Å². The van der Waals surface area contributed by atoms with E-state index < -0.39 is 10.0 Å². The van der Waals surface area contributed by atoms with Crippen LogP contribution in [-0.2, 0) is 21.2 Å². The fraction of sp³-hybridized carbons (Fsp3) is 0.200. The monoisotopic (exact) mass is 478 g/mol. The highest BCUT2D eigenvalue weighted by Gasteiger charge is 2.34. The first kappa shape index (κ1) is 20.8. The second-order valence-electron chi connectivity index (χ2n) is 6.06. The Morgan fingerprint density at radius 3 is 2.29 bits per heavy atom. The molecule has 146 valence electrons. The molecule has 0 saturated carbocycles. The average Bonchev–Trinajstić information content (AvgIpc) is 2.97. The number of nitrogens with zero attached hydrogens (tertiary/aromatic N) is 2. The minimum atomic E-state index is -3.90. The molecule has 0 N–H and O–H groups in total. The summed E-state index contributed by atoms with van der Waals surface area (Å²) in [6.07, 6.45) is 2.57. The van der Waals surface area contributed by atoms with Crippen molar-refractivity contribution in [3.8, 4) is 0 Å². The summed E-state index contributed by atoms with van der Waals surface area (Å²) >= 11 is 4.45. The molecular weight excluding hydrogens is 460 g/mol. The van der Waals surface area contributed by atoms with E-state index in [0.29, 0.717) is 11.4 Å². The molecule has 2 aromatic rings. The molecule has 0 aliphatic carbocycles. The van der Waals surface area contributed by atoms with Gasteiger partial charge < -0.3 is 0 Å². The molecule has 1 heterocycles. The third-order valence-electron chi connectivity index (χ3n) is 4.20. The first-order chi connectivity index (χ1) is 13.3. The van der Waals surface area contributed by atoms with Gasteiger partial charge in [0.05, 0.1) is 9.80 Å². The molecule has 5 nitrogen and oxygen atoms in total. The van der Waals surface area contributed by atoms with Crippen LogP contribution in [0.2, 0.25) is 0 Å². The molecule has 2 aromatic carbocycles. The minimum absolute atomic E-state index is 0.117. The molecule has 1 fully saturated rings. The van der Waals surface area contributed by atoms with Crippen LogP contribution in [0.25, 0.3) is 6.08 Å². The van der Waals surface area contributed by atoms with Gasteiger partial charge in [0.15, 0.2) is 5.17 Å². The Balaban J connectivity index is 1.93. The molecule has 1 aliphatic heterocycles. The molecule has 1 aliphatic rings. The summed E-state index contributed by atoms with van der Waals surface area (Å²) in [5.41, 5.74) is 1.90. The number of likely N-dealkylation sites (N-methyl/N-ethyl adjacent to an activating group) is 1. The van der Waals surface area contributed by atoms with E-state index in [9.17, 15) is 13.2 Å². The number of halogens is 1. The van der Waals surface area contributed by atoms with Crippen molar-refractivity contribution >= 4 is 54.9 Å². The summed E-state index contributed by atoms with van der Waals surface area (Å²) in [6.45, 7) is 4.13. The lowest BCUT2D eigenvalue weighted by molar-refractivity contribution is -0.122. The van der Waals surface area contributed by atoms with Gasteiger partial charge in [-0.2, -0.15) is 8.42 Å². The number of hydrogen-bond donors (Lipinski definition) is 0. The zero-order chi connectivity index (χ0) is 20.3. The summed E-state index contributed by atoms with van der Waals surface area (Å²) < 4.78 is 30.3. The lowest BCUT2D eigenvalue weighted by Crippen LogP contribution is -2.29. The number of carbonyl (C=O) groups excluding carboxylic acids is 1. The molecule has 0 bridgehead atoms. The van der Waals surface area contributed by atoms with Gasteiger partial charge in [0.1, 0.15) is 0 Å². The Labute approximate surface area is 177 Å². The van der Waals surface area contributed by atoms with Crippen LogP contribution in [0.3, 0.4) is 0 Å². The molecule has 28 heavy (non-hydrogen) atoms. The molecule has 0 atom stereocenters. The van der Waals surface area contributed by atoms with Crippen molar-refractivity contribution in [2.75, 3.05) is 6.54 Å². The number of amides is 1. The van der Waals surface area contributed by atoms with Crippen molar-refractivity contribution < 1.29 is 13.2 Å². The zero-order valence-electron chi connectivity index (χ0n) is 15.4. The van der Waals surface area contributed by atoms with Crippen LogP contribution in [0, 0.1) is 0 Å². The van der Waals surface area contributed by atoms with Gasteiger partial charge in [-0.25, -0.2) is 0 Å². The molecule has 8 heteroatoms. The number of thioether (sulfide) groups is 1. The summed E-state index contributed by atoms with van der Waals surface area (Å²) in [7, 11) is -3.90. The number of benzene rings is 2. The Hall–Kier alpha value is -1.90. The van der Waals surface area contributed by atoms with Gasteiger partial charge >= 0.3 is 0 Å². The smallest absolute Gasteiger partial charge is 0.284 e. The van der Waals surface area contributed by atoms with Gasteiger partial charge in [-0.1, -0.05) is 47.1 Å². The zero-order valence-corrected chi connectivity index (χ0v) is 18.6. The predicted octanol–water partition coefficient (Wildman–Crippen LogP) is 4.69. The lowest BCUT2D eigenvalue weighted by atomic mass is 10.2. The number of aryl methyl sites for hydroxylation is 1. The van der Waals surface area contributed by atoms with Gasteiger partial charge in [-0.15, -0.1) is 4.40 Å². The molecule has 0 aromatic heterocycles. The first-order valence-electron chi connectivity index (χ1n) is 8.75. The molecular formula is C20H19BrN2O3S2. The number of amidine groups is 1. The van der Waals surface area contributed by atoms with Crippen LogP contribution in [-0.4, -0.2) is 30.9 Å². The van der Waals surface area contributed by atoms with E-state index in [1.165, 1.54) is 4.90 Å². The summed E-state index contributed by atoms with van der Waals surface area (Å²) in [5, 5.41) is 0.176. The Bertz CT molecular complexity index is 1040. The summed E-state index contributed by atoms with van der Waals surface area (Å²) in [4.78, 5) is 14.6. The van der Waals surface area contributed by atoms with Gasteiger partial charge in [-0.3, -0.25) is 9.69 Å². The van der Waals surface area contributed by atoms with E-state index in [1.54, 1.807) is 37.3 Å². The molecule has 3 rings (SSSR count). The quantitative estimate of drug-likeness (QED) is 0.584. The number of rotatable bonds is 5. The third kappa shape index (κ3) is 4.56. The largest absolute Gasteiger partial charge is 0.286 e. The van der Waals surface area contributed by atoms with Crippen LogP contribution >= 0.6 is 27.7 Å². The van der Waals surface area contributed by atoms with E-state index in [4.69, 9.17) is 0 Å². The van der Waals surface area contributed by atoms with E-state index in [0.717, 1.165) is 33.8 Å². The van der Waals surface area contributed by atoms with Crippen molar-refractivity contribution in [1.29, 1.82) is 0 Å². The van der Waals surface area contributed by atoms with Crippen molar-refractivity contribution in [1.82, 2.24) is 4.90 Å². The second-order valence-corrected chi connectivity index (χ2v) is 9.59. The maximum Gasteiger partial charge on any atom is 0.284 e. The maximum atomic E-state index is 12.7. The minimum Gasteiger partial charge on any atom is -0.286 e. The van der Waals surface area contributed by atoms with Crippen molar-refractivity contribution in [3.05, 3.63) is 69.0 Å². The molecule has 1 amide bonds. The Kier molecular flexibility index (Phi) is 6.42. The predicted molar refractivity (Wildman–Crippen MR) is 118 cm³/mol. The van der Waals surface area contributed by atoms with Crippen LogP contribution < -0.4 is 0 Å². The molecule has 0 unspecified atom stereocenters. The van der Waals surface area contributed by atoms with E-state index in [-0.39, 0.29) is 16.0 Å². The van der Waals surface area contributed by atoms with Crippen LogP contribution in [0.1, 0.15) is 25.0 Å². The van der Waals surface area contributed by atoms with Gasteiger partial charge in [-0.05, 0) is 66.6 Å². The third-order valence-corrected chi connectivity index (χ3v) is 7.13. The molecule has 1 saturated heterocycles. The highest BCUT2D eigenvalue weighted by molar-refractivity contribution is 9.10. The topological polar surface area (TPSA) is 66.8 Å². The maximum absolute atomic E-state index is 12.7. The highest BCUT2D eigenvalue weighted by Crippen LogP contribution is 2.33. The van der Waals surface area contributed by atoms with Crippen LogP contribution in [0.15, 0.2) is 67.2 Å². The second kappa shape index (κ2) is 8.63. The first-order valence-corrected chi connectivity index (χ1v) is 11.8. The van der Waals surface area contributed by atoms with Crippen molar-refractivity contribution in [3.63, 3.8) is 0 Å².